The van der Waals surface area contributed by atoms with Crippen LogP contribution in [0.5, 0.6) is 0 Å². The molecule has 1 aliphatic rings. The van der Waals surface area contributed by atoms with Crippen LogP contribution < -0.4 is 4.90 Å². The summed E-state index contributed by atoms with van der Waals surface area (Å²) < 4.78 is 0. The highest BCUT2D eigenvalue weighted by Crippen LogP contribution is 2.33. The zero-order valence-corrected chi connectivity index (χ0v) is 11.6. The minimum atomic E-state index is -1.28. The molecule has 108 valence electrons. The first kappa shape index (κ1) is 14.3. The van der Waals surface area contributed by atoms with Gasteiger partial charge in [-0.05, 0) is 30.4 Å². The van der Waals surface area contributed by atoms with Gasteiger partial charge in [0.1, 0.15) is 5.56 Å². The Bertz CT molecular complexity index is 554. The molecule has 0 unspecified atom stereocenters. The fourth-order valence-corrected chi connectivity index (χ4v) is 2.69. The van der Waals surface area contributed by atoms with Gasteiger partial charge in [-0.3, -0.25) is 10.1 Å². The third kappa shape index (κ3) is 2.89. The topological polar surface area (TPSA) is 83.7 Å². The Morgan fingerprint density at radius 1 is 1.45 bits per heavy atom. The van der Waals surface area contributed by atoms with Gasteiger partial charge in [-0.25, -0.2) is 4.79 Å². The van der Waals surface area contributed by atoms with E-state index in [1.54, 1.807) is 6.07 Å². The number of aromatic carboxylic acids is 1. The molecule has 1 aliphatic heterocycles. The van der Waals surface area contributed by atoms with Crippen molar-refractivity contribution in [3.8, 4) is 0 Å². The van der Waals surface area contributed by atoms with Gasteiger partial charge in [0.25, 0.3) is 5.69 Å². The summed E-state index contributed by atoms with van der Waals surface area (Å²) in [6, 6.07) is 4.33. The van der Waals surface area contributed by atoms with Crippen LogP contribution >= 0.6 is 0 Å². The van der Waals surface area contributed by atoms with Crippen molar-refractivity contribution in [2.45, 2.75) is 26.7 Å². The summed E-state index contributed by atoms with van der Waals surface area (Å²) in [7, 11) is 0. The molecule has 0 atom stereocenters. The van der Waals surface area contributed by atoms with Gasteiger partial charge in [-0.1, -0.05) is 13.8 Å². The highest BCUT2D eigenvalue weighted by atomic mass is 16.6. The van der Waals surface area contributed by atoms with Crippen LogP contribution in [0.1, 0.15) is 37.0 Å². The lowest BCUT2D eigenvalue weighted by Gasteiger charge is -2.39. The van der Waals surface area contributed by atoms with E-state index in [0.717, 1.165) is 31.6 Å². The summed E-state index contributed by atoms with van der Waals surface area (Å²) >= 11 is 0. The second-order valence-electron chi connectivity index (χ2n) is 5.95. The van der Waals surface area contributed by atoms with Crippen LogP contribution in [0.15, 0.2) is 18.2 Å². The van der Waals surface area contributed by atoms with Gasteiger partial charge in [0.05, 0.1) is 4.92 Å². The molecule has 1 aromatic rings. The second kappa shape index (κ2) is 5.11. The molecule has 0 radical (unpaired) electrons. The number of carboxylic acids is 1. The smallest absolute Gasteiger partial charge is 0.342 e. The Balaban J connectivity index is 2.36. The Morgan fingerprint density at radius 2 is 2.15 bits per heavy atom. The van der Waals surface area contributed by atoms with Crippen molar-refractivity contribution in [3.63, 3.8) is 0 Å². The number of benzene rings is 1. The Kier molecular flexibility index (Phi) is 3.65. The number of nitro benzene ring substituents is 1. The first-order valence-corrected chi connectivity index (χ1v) is 6.57. The molecule has 0 spiro atoms. The molecule has 1 aromatic carbocycles. The van der Waals surface area contributed by atoms with Crippen molar-refractivity contribution in [3.05, 3.63) is 33.9 Å². The molecule has 1 N–H and O–H groups in total. The van der Waals surface area contributed by atoms with E-state index >= 15 is 0 Å². The minimum Gasteiger partial charge on any atom is -0.477 e. The Morgan fingerprint density at radius 3 is 2.70 bits per heavy atom. The van der Waals surface area contributed by atoms with E-state index in [-0.39, 0.29) is 16.7 Å². The van der Waals surface area contributed by atoms with E-state index in [1.807, 2.05) is 0 Å². The van der Waals surface area contributed by atoms with Crippen molar-refractivity contribution in [2.75, 3.05) is 18.0 Å². The number of rotatable bonds is 3. The maximum Gasteiger partial charge on any atom is 0.342 e. The Hall–Kier alpha value is -2.11. The number of carbonyl (C=O) groups is 1. The maximum atomic E-state index is 11.0. The highest BCUT2D eigenvalue weighted by Gasteiger charge is 2.28. The van der Waals surface area contributed by atoms with Gasteiger partial charge in [0.15, 0.2) is 0 Å². The summed E-state index contributed by atoms with van der Waals surface area (Å²) in [5.74, 6) is -1.28. The molecule has 0 aromatic heterocycles. The van der Waals surface area contributed by atoms with Crippen LogP contribution in [0, 0.1) is 15.5 Å². The highest BCUT2D eigenvalue weighted by molar-refractivity contribution is 5.93. The molecule has 1 heterocycles. The minimum absolute atomic E-state index is 0.165. The molecular weight excluding hydrogens is 260 g/mol. The molecule has 0 aliphatic carbocycles. The van der Waals surface area contributed by atoms with Crippen LogP contribution in [0.4, 0.5) is 11.4 Å². The molecular formula is C14H18N2O4. The van der Waals surface area contributed by atoms with Crippen molar-refractivity contribution in [1.29, 1.82) is 0 Å². The molecule has 6 nitrogen and oxygen atoms in total. The average Bonchev–Trinajstić information content (AvgIpc) is 2.36. The summed E-state index contributed by atoms with van der Waals surface area (Å²) in [6.07, 6.45) is 2.15. The lowest BCUT2D eigenvalue weighted by Crippen LogP contribution is -2.40. The molecule has 1 saturated heterocycles. The van der Waals surface area contributed by atoms with Crippen molar-refractivity contribution >= 4 is 17.3 Å². The summed E-state index contributed by atoms with van der Waals surface area (Å²) in [5, 5.41) is 20.0. The SMILES string of the molecule is CC1(C)CCCN(c2ccc(C(=O)O)c([N+](=O)[O-])c2)C1. The number of piperidine rings is 1. The van der Waals surface area contributed by atoms with Crippen molar-refractivity contribution in [1.82, 2.24) is 0 Å². The summed E-state index contributed by atoms with van der Waals surface area (Å²) in [5.41, 5.74) is 0.265. The van der Waals surface area contributed by atoms with Gasteiger partial charge in [0, 0.05) is 24.8 Å². The van der Waals surface area contributed by atoms with Crippen LogP contribution in [0.2, 0.25) is 0 Å². The van der Waals surface area contributed by atoms with E-state index < -0.39 is 10.9 Å². The van der Waals surface area contributed by atoms with E-state index in [9.17, 15) is 14.9 Å². The molecule has 1 fully saturated rings. The van der Waals surface area contributed by atoms with E-state index in [0.29, 0.717) is 0 Å². The largest absolute Gasteiger partial charge is 0.477 e. The standard InChI is InChI=1S/C14H18N2O4/c1-14(2)6-3-7-15(9-14)10-4-5-11(13(17)18)12(8-10)16(19)20/h4-5,8H,3,6-7,9H2,1-2H3,(H,17,18). The van der Waals surface area contributed by atoms with Gasteiger partial charge >= 0.3 is 5.97 Å². The number of carboxylic acid groups (broad SMARTS) is 1. The first-order valence-electron chi connectivity index (χ1n) is 6.57. The predicted molar refractivity (Wildman–Crippen MR) is 75.3 cm³/mol. The zero-order valence-electron chi connectivity index (χ0n) is 11.6. The van der Waals surface area contributed by atoms with E-state index in [1.165, 1.54) is 12.1 Å². The Labute approximate surface area is 117 Å². The normalized spacial score (nSPS) is 17.8. The zero-order chi connectivity index (χ0) is 14.9. The van der Waals surface area contributed by atoms with Gasteiger partial charge < -0.3 is 10.0 Å². The number of hydrogen-bond acceptors (Lipinski definition) is 4. The number of nitro groups is 1. The van der Waals surface area contributed by atoms with Gasteiger partial charge in [-0.2, -0.15) is 0 Å². The molecule has 2 rings (SSSR count). The van der Waals surface area contributed by atoms with Crippen LogP contribution in [-0.4, -0.2) is 29.1 Å². The summed E-state index contributed by atoms with van der Waals surface area (Å²) in [4.78, 5) is 23.5. The van der Waals surface area contributed by atoms with E-state index in [2.05, 4.69) is 18.7 Å². The maximum absolute atomic E-state index is 11.0. The third-order valence-electron chi connectivity index (χ3n) is 3.67. The van der Waals surface area contributed by atoms with Crippen LogP contribution in [0.3, 0.4) is 0 Å². The number of hydrogen-bond donors (Lipinski definition) is 1. The van der Waals surface area contributed by atoms with Crippen molar-refractivity contribution in [2.24, 2.45) is 5.41 Å². The second-order valence-corrected chi connectivity index (χ2v) is 5.95. The first-order chi connectivity index (χ1) is 9.30. The predicted octanol–water partition coefficient (Wildman–Crippen LogP) is 2.92. The third-order valence-corrected chi connectivity index (χ3v) is 3.67. The molecule has 6 heteroatoms. The van der Waals surface area contributed by atoms with Gasteiger partial charge in [0.2, 0.25) is 0 Å². The molecule has 0 bridgehead atoms. The van der Waals surface area contributed by atoms with Crippen LogP contribution in [0.25, 0.3) is 0 Å². The van der Waals surface area contributed by atoms with Gasteiger partial charge in [-0.15, -0.1) is 0 Å². The summed E-state index contributed by atoms with van der Waals surface area (Å²) in [6.45, 7) is 5.99. The number of anilines is 1. The fourth-order valence-electron chi connectivity index (χ4n) is 2.69. The fraction of sp³-hybridized carbons (Fsp3) is 0.500. The lowest BCUT2D eigenvalue weighted by atomic mass is 9.84. The number of nitrogens with zero attached hydrogens (tertiary/aromatic N) is 2. The quantitative estimate of drug-likeness (QED) is 0.678. The lowest BCUT2D eigenvalue weighted by molar-refractivity contribution is -0.385. The monoisotopic (exact) mass is 278 g/mol. The molecule has 0 amide bonds. The average molecular weight is 278 g/mol. The van der Waals surface area contributed by atoms with Crippen molar-refractivity contribution < 1.29 is 14.8 Å². The van der Waals surface area contributed by atoms with E-state index in [4.69, 9.17) is 5.11 Å². The van der Waals surface area contributed by atoms with Crippen LogP contribution in [-0.2, 0) is 0 Å². The molecule has 20 heavy (non-hydrogen) atoms. The molecule has 0 saturated carbocycles.